The molecule has 0 atom stereocenters. The first kappa shape index (κ1) is 9.19. The van der Waals surface area contributed by atoms with Gasteiger partial charge in [0.15, 0.2) is 0 Å². The molecule has 0 fully saturated rings. The lowest BCUT2D eigenvalue weighted by Gasteiger charge is -2.19. The Morgan fingerprint density at radius 1 is 1.36 bits per heavy atom. The summed E-state index contributed by atoms with van der Waals surface area (Å²) in [6.45, 7) is 6.19. The molecular weight excluding hydrogens is 179 g/mol. The largest absolute Gasteiger partial charge is 0.346 e. The van der Waals surface area contributed by atoms with Crippen LogP contribution in [-0.4, -0.2) is 9.97 Å². The van der Waals surface area contributed by atoms with E-state index in [4.69, 9.17) is 0 Å². The summed E-state index contributed by atoms with van der Waals surface area (Å²) in [5, 5.41) is 0.999. The molecule has 0 unspecified atom stereocenters. The molecule has 2 aromatic rings. The van der Waals surface area contributed by atoms with Crippen molar-refractivity contribution in [3.8, 4) is 0 Å². The highest BCUT2D eigenvalue weighted by atomic mass is 19.1. The molecule has 0 spiro atoms. The third kappa shape index (κ3) is 1.39. The number of hydrogen-bond donors (Lipinski definition) is 1. The van der Waals surface area contributed by atoms with Gasteiger partial charge < -0.3 is 4.98 Å². The molecule has 14 heavy (non-hydrogen) atoms. The summed E-state index contributed by atoms with van der Waals surface area (Å²) >= 11 is 0. The summed E-state index contributed by atoms with van der Waals surface area (Å²) in [5.74, 6) is -0.426. The van der Waals surface area contributed by atoms with E-state index >= 15 is 0 Å². The molecule has 2 nitrogen and oxygen atoms in total. The van der Waals surface area contributed by atoms with E-state index in [0.29, 0.717) is 5.65 Å². The highest BCUT2D eigenvalue weighted by molar-refractivity contribution is 5.80. The standard InChI is InChI=1S/C11H13FN2/c1-11(2,3)8-6-9(12)14-10-7(8)4-5-13-10/h4-6H,1-3H3,(H,13,14). The summed E-state index contributed by atoms with van der Waals surface area (Å²) in [7, 11) is 0. The summed E-state index contributed by atoms with van der Waals surface area (Å²) < 4.78 is 13.2. The van der Waals surface area contributed by atoms with E-state index in [9.17, 15) is 4.39 Å². The molecule has 0 aliphatic rings. The lowest BCUT2D eigenvalue weighted by molar-refractivity contribution is 0.559. The number of nitrogens with one attached hydrogen (secondary N) is 1. The molecule has 0 aliphatic carbocycles. The van der Waals surface area contributed by atoms with Crippen LogP contribution in [0.3, 0.4) is 0 Å². The predicted octanol–water partition coefficient (Wildman–Crippen LogP) is 3.00. The fraction of sp³-hybridized carbons (Fsp3) is 0.364. The second kappa shape index (κ2) is 2.80. The van der Waals surface area contributed by atoms with Gasteiger partial charge in [-0.25, -0.2) is 4.98 Å². The van der Waals surface area contributed by atoms with Gasteiger partial charge in [0.1, 0.15) is 5.65 Å². The van der Waals surface area contributed by atoms with Crippen molar-refractivity contribution in [1.82, 2.24) is 9.97 Å². The minimum atomic E-state index is -0.426. The van der Waals surface area contributed by atoms with Crippen molar-refractivity contribution in [2.75, 3.05) is 0 Å². The number of halogens is 1. The normalized spacial score (nSPS) is 12.3. The van der Waals surface area contributed by atoms with Crippen LogP contribution < -0.4 is 0 Å². The predicted molar refractivity (Wildman–Crippen MR) is 54.8 cm³/mol. The summed E-state index contributed by atoms with van der Waals surface area (Å²) in [6, 6.07) is 3.44. The van der Waals surface area contributed by atoms with Gasteiger partial charge in [0, 0.05) is 11.6 Å². The fourth-order valence-corrected chi connectivity index (χ4v) is 1.63. The highest BCUT2D eigenvalue weighted by Gasteiger charge is 2.18. The van der Waals surface area contributed by atoms with Crippen molar-refractivity contribution in [3.05, 3.63) is 29.8 Å². The van der Waals surface area contributed by atoms with Crippen LogP contribution in [-0.2, 0) is 5.41 Å². The first-order chi connectivity index (χ1) is 6.48. The molecule has 0 amide bonds. The number of aromatic amines is 1. The molecule has 0 saturated heterocycles. The fourth-order valence-electron chi connectivity index (χ4n) is 1.63. The van der Waals surface area contributed by atoms with E-state index in [-0.39, 0.29) is 5.41 Å². The zero-order valence-corrected chi connectivity index (χ0v) is 8.56. The van der Waals surface area contributed by atoms with E-state index < -0.39 is 5.95 Å². The molecule has 1 N–H and O–H groups in total. The Labute approximate surface area is 82.2 Å². The van der Waals surface area contributed by atoms with Gasteiger partial charge in [-0.1, -0.05) is 20.8 Å². The molecule has 0 aromatic carbocycles. The van der Waals surface area contributed by atoms with Gasteiger partial charge in [0.25, 0.3) is 0 Å². The third-order valence-electron chi connectivity index (χ3n) is 2.31. The van der Waals surface area contributed by atoms with Crippen LogP contribution in [0.5, 0.6) is 0 Å². The summed E-state index contributed by atoms with van der Waals surface area (Å²) in [5.41, 5.74) is 1.54. The van der Waals surface area contributed by atoms with E-state index in [1.807, 2.05) is 6.07 Å². The van der Waals surface area contributed by atoms with Crippen LogP contribution >= 0.6 is 0 Å². The summed E-state index contributed by atoms with van der Waals surface area (Å²) in [6.07, 6.45) is 1.78. The van der Waals surface area contributed by atoms with Gasteiger partial charge in [-0.3, -0.25) is 0 Å². The Bertz CT molecular complexity index is 466. The number of nitrogens with zero attached hydrogens (tertiary/aromatic N) is 1. The average Bonchev–Trinajstić information content (AvgIpc) is 2.47. The quantitative estimate of drug-likeness (QED) is 0.638. The number of fused-ring (bicyclic) bond motifs is 1. The zero-order valence-electron chi connectivity index (χ0n) is 8.56. The van der Waals surface area contributed by atoms with E-state index in [1.165, 1.54) is 6.07 Å². The minimum Gasteiger partial charge on any atom is -0.346 e. The van der Waals surface area contributed by atoms with Crippen molar-refractivity contribution in [1.29, 1.82) is 0 Å². The molecule has 74 valence electrons. The number of H-pyrrole nitrogens is 1. The van der Waals surface area contributed by atoms with Gasteiger partial charge >= 0.3 is 0 Å². The van der Waals surface area contributed by atoms with Crippen molar-refractivity contribution in [2.45, 2.75) is 26.2 Å². The smallest absolute Gasteiger partial charge is 0.215 e. The average molecular weight is 192 g/mol. The molecule has 2 aromatic heterocycles. The van der Waals surface area contributed by atoms with Crippen LogP contribution in [0.1, 0.15) is 26.3 Å². The van der Waals surface area contributed by atoms with E-state index in [1.54, 1.807) is 6.20 Å². The van der Waals surface area contributed by atoms with E-state index in [2.05, 4.69) is 30.7 Å². The Kier molecular flexibility index (Phi) is 1.84. The molecule has 2 rings (SSSR count). The van der Waals surface area contributed by atoms with Crippen molar-refractivity contribution >= 4 is 11.0 Å². The van der Waals surface area contributed by atoms with Gasteiger partial charge in [0.2, 0.25) is 5.95 Å². The van der Waals surface area contributed by atoms with Crippen LogP contribution in [0.4, 0.5) is 4.39 Å². The maximum atomic E-state index is 13.2. The van der Waals surface area contributed by atoms with Gasteiger partial charge in [-0.05, 0) is 23.1 Å². The molecular formula is C11H13FN2. The van der Waals surface area contributed by atoms with Crippen LogP contribution in [0.25, 0.3) is 11.0 Å². The lowest BCUT2D eigenvalue weighted by Crippen LogP contribution is -2.12. The number of hydrogen-bond acceptors (Lipinski definition) is 1. The molecule has 2 heterocycles. The van der Waals surface area contributed by atoms with Crippen LogP contribution in [0.2, 0.25) is 0 Å². The molecule has 0 radical (unpaired) electrons. The maximum Gasteiger partial charge on any atom is 0.215 e. The minimum absolute atomic E-state index is 0.0653. The highest BCUT2D eigenvalue weighted by Crippen LogP contribution is 2.28. The third-order valence-corrected chi connectivity index (χ3v) is 2.31. The van der Waals surface area contributed by atoms with Crippen LogP contribution in [0.15, 0.2) is 18.3 Å². The maximum absolute atomic E-state index is 13.2. The first-order valence-corrected chi connectivity index (χ1v) is 4.62. The van der Waals surface area contributed by atoms with Crippen molar-refractivity contribution < 1.29 is 4.39 Å². The van der Waals surface area contributed by atoms with Gasteiger partial charge in [-0.15, -0.1) is 0 Å². The lowest BCUT2D eigenvalue weighted by atomic mass is 9.86. The van der Waals surface area contributed by atoms with Gasteiger partial charge in [0.05, 0.1) is 0 Å². The van der Waals surface area contributed by atoms with Crippen LogP contribution in [0, 0.1) is 5.95 Å². The Morgan fingerprint density at radius 3 is 2.71 bits per heavy atom. The second-order valence-electron chi connectivity index (χ2n) is 4.48. The second-order valence-corrected chi connectivity index (χ2v) is 4.48. The zero-order chi connectivity index (χ0) is 10.3. The number of rotatable bonds is 0. The number of pyridine rings is 1. The van der Waals surface area contributed by atoms with E-state index in [0.717, 1.165) is 10.9 Å². The monoisotopic (exact) mass is 192 g/mol. The SMILES string of the molecule is CC(C)(C)c1cc(F)nc2[nH]ccc12. The van der Waals surface area contributed by atoms with Crippen molar-refractivity contribution in [3.63, 3.8) is 0 Å². The summed E-state index contributed by atoms with van der Waals surface area (Å²) in [4.78, 5) is 6.71. The molecule has 3 heteroatoms. The van der Waals surface area contributed by atoms with Crippen molar-refractivity contribution in [2.24, 2.45) is 0 Å². The first-order valence-electron chi connectivity index (χ1n) is 4.62. The topological polar surface area (TPSA) is 28.7 Å². The Balaban J connectivity index is 2.80. The molecule has 0 aliphatic heterocycles. The molecule has 0 bridgehead atoms. The van der Waals surface area contributed by atoms with Gasteiger partial charge in [-0.2, -0.15) is 4.39 Å². The Morgan fingerprint density at radius 2 is 2.07 bits per heavy atom. The molecule has 0 saturated carbocycles. The Hall–Kier alpha value is -1.38. The number of aromatic nitrogens is 2.